The van der Waals surface area contributed by atoms with E-state index in [9.17, 15) is 0 Å². The fourth-order valence-corrected chi connectivity index (χ4v) is 1.80. The number of hydrazone groups is 1. The molecule has 0 saturated carbocycles. The van der Waals surface area contributed by atoms with E-state index in [4.69, 9.17) is 16.4 Å². The number of benzene rings is 2. The van der Waals surface area contributed by atoms with Crippen LogP contribution in [0.4, 0.5) is 0 Å². The fraction of sp³-hybridized carbons (Fsp3) is 0.0714. The largest absolute Gasteiger partial charge is 0.497 e. The zero-order valence-electron chi connectivity index (χ0n) is 10.6. The number of ether oxygens (including phenoxy) is 1. The van der Waals surface area contributed by atoms with Crippen LogP contribution in [0.2, 0.25) is 0 Å². The summed E-state index contributed by atoms with van der Waals surface area (Å²) in [5.41, 5.74) is 5.49. The molecular formula is C14H16N4O. The Balaban J connectivity index is 2.26. The molecule has 19 heavy (non-hydrogen) atoms. The molecule has 0 aliphatic heterocycles. The predicted octanol–water partition coefficient (Wildman–Crippen LogP) is 1.45. The molecule has 0 spiro atoms. The van der Waals surface area contributed by atoms with E-state index in [2.05, 4.69) is 10.5 Å². The van der Waals surface area contributed by atoms with Gasteiger partial charge in [0.15, 0.2) is 5.84 Å². The molecule has 0 fully saturated rings. The van der Waals surface area contributed by atoms with Gasteiger partial charge >= 0.3 is 0 Å². The second kappa shape index (κ2) is 5.88. The van der Waals surface area contributed by atoms with Gasteiger partial charge in [-0.3, -0.25) is 0 Å². The van der Waals surface area contributed by atoms with Crippen LogP contribution in [0.3, 0.4) is 0 Å². The Morgan fingerprint density at radius 1 is 1.00 bits per heavy atom. The van der Waals surface area contributed by atoms with Gasteiger partial charge in [0.25, 0.3) is 0 Å². The average molecular weight is 256 g/mol. The highest BCUT2D eigenvalue weighted by atomic mass is 16.5. The van der Waals surface area contributed by atoms with Gasteiger partial charge in [0.05, 0.1) is 7.11 Å². The molecule has 2 aromatic rings. The molecule has 0 unspecified atom stereocenters. The molecular weight excluding hydrogens is 240 g/mol. The van der Waals surface area contributed by atoms with Crippen molar-refractivity contribution in [1.82, 2.24) is 5.43 Å². The molecule has 0 saturated heterocycles. The standard InChI is InChI=1S/C14H16N4O/c1-19-13-8-6-11(7-9-13)10-2-4-12(5-3-10)14(17-15)18-16/h2-9H,15-16H2,1H3,(H,17,18). The topological polar surface area (TPSA) is 85.7 Å². The van der Waals surface area contributed by atoms with Gasteiger partial charge in [0, 0.05) is 5.56 Å². The van der Waals surface area contributed by atoms with Crippen LogP contribution in [0.15, 0.2) is 53.6 Å². The summed E-state index contributed by atoms with van der Waals surface area (Å²) >= 11 is 0. The molecule has 0 heterocycles. The SMILES string of the molecule is COc1ccc(-c2ccc(/C(=N/N)NN)cc2)cc1. The summed E-state index contributed by atoms with van der Waals surface area (Å²) in [5, 5.41) is 3.57. The van der Waals surface area contributed by atoms with Gasteiger partial charge in [-0.15, -0.1) is 0 Å². The molecule has 5 heteroatoms. The maximum atomic E-state index is 5.32. The van der Waals surface area contributed by atoms with Crippen molar-refractivity contribution in [1.29, 1.82) is 0 Å². The first-order valence-electron chi connectivity index (χ1n) is 5.78. The van der Waals surface area contributed by atoms with Crippen molar-refractivity contribution < 1.29 is 4.74 Å². The Morgan fingerprint density at radius 3 is 1.95 bits per heavy atom. The summed E-state index contributed by atoms with van der Waals surface area (Å²) in [5.74, 6) is 11.8. The first-order valence-corrected chi connectivity index (χ1v) is 5.78. The minimum atomic E-state index is 0.446. The van der Waals surface area contributed by atoms with Crippen LogP contribution in [-0.4, -0.2) is 12.9 Å². The van der Waals surface area contributed by atoms with Gasteiger partial charge in [0.2, 0.25) is 0 Å². The molecule has 5 N–H and O–H groups in total. The van der Waals surface area contributed by atoms with E-state index in [-0.39, 0.29) is 0 Å². The highest BCUT2D eigenvalue weighted by Crippen LogP contribution is 2.22. The third kappa shape index (κ3) is 2.83. The molecule has 0 radical (unpaired) electrons. The van der Waals surface area contributed by atoms with Gasteiger partial charge in [-0.1, -0.05) is 36.4 Å². The lowest BCUT2D eigenvalue weighted by Crippen LogP contribution is -2.31. The molecule has 5 nitrogen and oxygen atoms in total. The van der Waals surface area contributed by atoms with Crippen molar-refractivity contribution in [3.63, 3.8) is 0 Å². The van der Waals surface area contributed by atoms with E-state index >= 15 is 0 Å². The van der Waals surface area contributed by atoms with Crippen molar-refractivity contribution in [3.8, 4) is 16.9 Å². The highest BCUT2D eigenvalue weighted by Gasteiger charge is 2.02. The Labute approximate surface area is 111 Å². The average Bonchev–Trinajstić information content (AvgIpc) is 2.49. The Hall–Kier alpha value is -2.53. The molecule has 0 aliphatic carbocycles. The smallest absolute Gasteiger partial charge is 0.166 e. The lowest BCUT2D eigenvalue weighted by Gasteiger charge is -2.07. The molecule has 2 rings (SSSR count). The molecule has 0 aliphatic rings. The summed E-state index contributed by atoms with van der Waals surface area (Å²) in [6.45, 7) is 0. The van der Waals surface area contributed by atoms with Crippen molar-refractivity contribution in [2.45, 2.75) is 0 Å². The van der Waals surface area contributed by atoms with Crippen LogP contribution in [-0.2, 0) is 0 Å². The second-order valence-electron chi connectivity index (χ2n) is 3.93. The van der Waals surface area contributed by atoms with E-state index in [0.717, 1.165) is 22.4 Å². The van der Waals surface area contributed by atoms with Crippen LogP contribution >= 0.6 is 0 Å². The maximum absolute atomic E-state index is 5.32. The number of nitrogens with one attached hydrogen (secondary N) is 1. The number of amidine groups is 1. The number of hydrazine groups is 1. The summed E-state index contributed by atoms with van der Waals surface area (Å²) in [7, 11) is 1.65. The summed E-state index contributed by atoms with van der Waals surface area (Å²) in [6.07, 6.45) is 0. The molecule has 98 valence electrons. The lowest BCUT2D eigenvalue weighted by atomic mass is 10.0. The summed E-state index contributed by atoms with van der Waals surface area (Å²) in [6, 6.07) is 15.7. The number of methoxy groups -OCH3 is 1. The molecule has 2 aromatic carbocycles. The van der Waals surface area contributed by atoms with Crippen LogP contribution in [0.5, 0.6) is 5.75 Å². The monoisotopic (exact) mass is 256 g/mol. The molecule has 0 atom stereocenters. The van der Waals surface area contributed by atoms with Gasteiger partial charge in [-0.2, -0.15) is 5.10 Å². The quantitative estimate of drug-likeness (QED) is 0.336. The van der Waals surface area contributed by atoms with E-state index in [1.807, 2.05) is 48.5 Å². The minimum Gasteiger partial charge on any atom is -0.497 e. The summed E-state index contributed by atoms with van der Waals surface area (Å²) < 4.78 is 5.13. The third-order valence-electron chi connectivity index (χ3n) is 2.85. The van der Waals surface area contributed by atoms with Crippen molar-refractivity contribution in [3.05, 3.63) is 54.1 Å². The summed E-state index contributed by atoms with van der Waals surface area (Å²) in [4.78, 5) is 0. The third-order valence-corrected chi connectivity index (χ3v) is 2.85. The Morgan fingerprint density at radius 2 is 1.53 bits per heavy atom. The van der Waals surface area contributed by atoms with Crippen molar-refractivity contribution in [2.24, 2.45) is 16.8 Å². The van der Waals surface area contributed by atoms with Crippen molar-refractivity contribution >= 4 is 5.84 Å². The normalized spacial score (nSPS) is 11.2. The predicted molar refractivity (Wildman–Crippen MR) is 76.5 cm³/mol. The minimum absolute atomic E-state index is 0.446. The van der Waals surface area contributed by atoms with Crippen molar-refractivity contribution in [2.75, 3.05) is 7.11 Å². The number of nitrogens with zero attached hydrogens (tertiary/aromatic N) is 1. The van der Waals surface area contributed by atoms with Crippen LogP contribution in [0.1, 0.15) is 5.56 Å². The molecule has 0 amide bonds. The van der Waals surface area contributed by atoms with Gasteiger partial charge in [-0.05, 0) is 23.3 Å². The fourth-order valence-electron chi connectivity index (χ4n) is 1.80. The number of hydrogen-bond donors (Lipinski definition) is 3. The van der Waals surface area contributed by atoms with E-state index < -0.39 is 0 Å². The van der Waals surface area contributed by atoms with Gasteiger partial charge in [0.1, 0.15) is 5.75 Å². The lowest BCUT2D eigenvalue weighted by molar-refractivity contribution is 0.415. The van der Waals surface area contributed by atoms with Crippen LogP contribution < -0.4 is 21.8 Å². The molecule has 0 aromatic heterocycles. The van der Waals surface area contributed by atoms with Gasteiger partial charge in [-0.25, -0.2) is 5.84 Å². The second-order valence-corrected chi connectivity index (χ2v) is 3.93. The van der Waals surface area contributed by atoms with Gasteiger partial charge < -0.3 is 16.0 Å². The zero-order chi connectivity index (χ0) is 13.7. The Kier molecular flexibility index (Phi) is 4.00. The van der Waals surface area contributed by atoms with E-state index in [1.54, 1.807) is 7.11 Å². The zero-order valence-corrected chi connectivity index (χ0v) is 10.6. The molecule has 0 bridgehead atoms. The number of hydrogen-bond acceptors (Lipinski definition) is 4. The number of nitrogens with two attached hydrogens (primary N) is 2. The first kappa shape index (κ1) is 12.9. The van der Waals surface area contributed by atoms with E-state index in [1.165, 1.54) is 0 Å². The highest BCUT2D eigenvalue weighted by molar-refractivity contribution is 5.98. The van der Waals surface area contributed by atoms with Crippen LogP contribution in [0.25, 0.3) is 11.1 Å². The number of rotatable bonds is 3. The van der Waals surface area contributed by atoms with E-state index in [0.29, 0.717) is 5.84 Å². The Bertz CT molecular complexity index is 561. The maximum Gasteiger partial charge on any atom is 0.166 e. The first-order chi connectivity index (χ1) is 9.28. The van der Waals surface area contributed by atoms with Crippen LogP contribution in [0, 0.1) is 0 Å².